The lowest BCUT2D eigenvalue weighted by Gasteiger charge is -2.30. The summed E-state index contributed by atoms with van der Waals surface area (Å²) in [5, 5.41) is 12.0. The molecule has 1 fully saturated rings. The van der Waals surface area contributed by atoms with Crippen LogP contribution in [0.5, 0.6) is 0 Å². The number of carbonyl (C=O) groups is 2. The number of aromatic nitrogens is 1. The van der Waals surface area contributed by atoms with Gasteiger partial charge >= 0.3 is 11.9 Å². The fraction of sp³-hybridized carbons (Fsp3) is 0.304. The van der Waals surface area contributed by atoms with Gasteiger partial charge in [-0.3, -0.25) is 14.7 Å². The number of carboxylic acid groups (broad SMARTS) is 1. The summed E-state index contributed by atoms with van der Waals surface area (Å²) in [4.78, 5) is 33.4. The zero-order valence-electron chi connectivity index (χ0n) is 18.9. The third kappa shape index (κ3) is 5.42. The lowest BCUT2D eigenvalue weighted by molar-refractivity contribution is -0.142. The first-order chi connectivity index (χ1) is 17.4. The molecule has 0 spiro atoms. The Labute approximate surface area is 211 Å². The summed E-state index contributed by atoms with van der Waals surface area (Å²) in [6.45, 7) is -1.49. The average Bonchev–Trinajstić information content (AvgIpc) is 3.12. The van der Waals surface area contributed by atoms with Crippen LogP contribution in [0.3, 0.4) is 0 Å². The third-order valence-electron chi connectivity index (χ3n) is 5.83. The summed E-state index contributed by atoms with van der Waals surface area (Å²) in [5.41, 5.74) is -0.824. The van der Waals surface area contributed by atoms with Crippen molar-refractivity contribution >= 4 is 29.4 Å². The van der Waals surface area contributed by atoms with Crippen LogP contribution < -0.4 is 5.32 Å². The maximum atomic E-state index is 14.6. The molecule has 0 bridgehead atoms. The molecule has 0 aliphatic carbocycles. The maximum Gasteiger partial charge on any atom is 0.338 e. The second kappa shape index (κ2) is 10.1. The number of hydrogen-bond donors (Lipinski definition) is 2. The highest BCUT2D eigenvalue weighted by Gasteiger charge is 2.49. The van der Waals surface area contributed by atoms with Crippen molar-refractivity contribution in [1.82, 2.24) is 15.2 Å². The number of halogens is 6. The van der Waals surface area contributed by atoms with Gasteiger partial charge in [-0.05, 0) is 12.1 Å². The van der Waals surface area contributed by atoms with E-state index in [1.807, 2.05) is 0 Å². The van der Waals surface area contributed by atoms with E-state index in [0.717, 1.165) is 24.1 Å². The van der Waals surface area contributed by atoms with Crippen molar-refractivity contribution in [1.29, 1.82) is 0 Å². The zero-order valence-corrected chi connectivity index (χ0v) is 19.7. The molecular formula is C23H18ClF5N4O4. The summed E-state index contributed by atoms with van der Waals surface area (Å²) >= 11 is 6.21. The van der Waals surface area contributed by atoms with Crippen LogP contribution in [0.15, 0.2) is 46.7 Å². The molecule has 3 heterocycles. The molecule has 1 aromatic carbocycles. The number of benzene rings is 1. The van der Waals surface area contributed by atoms with E-state index in [0.29, 0.717) is 12.3 Å². The summed E-state index contributed by atoms with van der Waals surface area (Å²) in [7, 11) is 1.04. The van der Waals surface area contributed by atoms with Crippen molar-refractivity contribution in [2.75, 3.05) is 20.2 Å². The minimum atomic E-state index is -3.33. The molecular weight excluding hydrogens is 527 g/mol. The molecule has 2 atom stereocenters. The summed E-state index contributed by atoms with van der Waals surface area (Å²) in [6, 6.07) is 0.760. The minimum absolute atomic E-state index is 0.0732. The first-order valence-electron chi connectivity index (χ1n) is 10.7. The average molecular weight is 545 g/mol. The Kier molecular flexibility index (Phi) is 7.20. The third-order valence-corrected chi connectivity index (χ3v) is 6.16. The van der Waals surface area contributed by atoms with Crippen LogP contribution in [-0.2, 0) is 14.3 Å². The number of methoxy groups -OCH3 is 1. The number of pyridine rings is 1. The molecule has 8 nitrogen and oxygen atoms in total. The lowest BCUT2D eigenvalue weighted by Crippen LogP contribution is -2.43. The molecule has 0 amide bonds. The number of likely N-dealkylation sites (tertiary alicyclic amines) is 1. The summed E-state index contributed by atoms with van der Waals surface area (Å²) < 4.78 is 75.0. The molecule has 2 aromatic rings. The number of amidine groups is 1. The largest absolute Gasteiger partial charge is 0.480 e. The quantitative estimate of drug-likeness (QED) is 0.424. The molecule has 1 unspecified atom stereocenters. The van der Waals surface area contributed by atoms with Gasteiger partial charge in [0.2, 0.25) is 0 Å². The molecule has 14 heteroatoms. The van der Waals surface area contributed by atoms with Gasteiger partial charge in [0.1, 0.15) is 29.4 Å². The fourth-order valence-corrected chi connectivity index (χ4v) is 4.50. The molecule has 0 saturated carbocycles. The Morgan fingerprint density at radius 3 is 2.59 bits per heavy atom. The Morgan fingerprint density at radius 2 is 1.97 bits per heavy atom. The van der Waals surface area contributed by atoms with E-state index in [4.69, 9.17) is 16.3 Å². The second-order valence-electron chi connectivity index (χ2n) is 8.36. The molecule has 0 radical (unpaired) electrons. The summed E-state index contributed by atoms with van der Waals surface area (Å²) in [6.07, 6.45) is -0.255. The molecule has 2 aliphatic rings. The van der Waals surface area contributed by atoms with Crippen LogP contribution in [0.25, 0.3) is 0 Å². The van der Waals surface area contributed by atoms with Gasteiger partial charge in [-0.25, -0.2) is 31.7 Å². The van der Waals surface area contributed by atoms with Crippen LogP contribution in [-0.4, -0.2) is 64.9 Å². The molecule has 2 N–H and O–H groups in total. The Bertz CT molecular complexity index is 1340. The van der Waals surface area contributed by atoms with E-state index in [1.54, 1.807) is 0 Å². The van der Waals surface area contributed by atoms with Crippen LogP contribution in [0.2, 0.25) is 5.02 Å². The van der Waals surface area contributed by atoms with Gasteiger partial charge in [0.05, 0.1) is 25.4 Å². The van der Waals surface area contributed by atoms with E-state index in [-0.39, 0.29) is 27.7 Å². The number of nitrogens with one attached hydrogen (secondary N) is 1. The number of rotatable bonds is 6. The van der Waals surface area contributed by atoms with E-state index in [1.165, 1.54) is 6.07 Å². The van der Waals surface area contributed by atoms with Gasteiger partial charge in [-0.15, -0.1) is 0 Å². The Hall–Kier alpha value is -3.58. The number of carbonyl (C=O) groups excluding carboxylic acids is 1. The molecule has 1 aromatic heterocycles. The number of ether oxygens (including phenoxy) is 1. The van der Waals surface area contributed by atoms with Crippen molar-refractivity contribution < 1.29 is 41.4 Å². The van der Waals surface area contributed by atoms with E-state index in [2.05, 4.69) is 15.3 Å². The van der Waals surface area contributed by atoms with Crippen LogP contribution in [0.4, 0.5) is 22.0 Å². The fourth-order valence-electron chi connectivity index (χ4n) is 4.22. The van der Waals surface area contributed by atoms with Crippen molar-refractivity contribution in [2.45, 2.75) is 24.4 Å². The standard InChI is InChI=1S/C23H18ClF5N4O4/c1-37-22(36)17-15(8-33-9-23(28,29)6-16(33)21(34)35)31-20(19-14(27)5-11(26)7-30-19)32-18(17)12-3-2-10(25)4-13(12)24/h2-5,7,16,18H,6,8-9H2,1H3,(H,31,32)(H,34,35)/t16?,18-/m0/s1. The van der Waals surface area contributed by atoms with Crippen molar-refractivity contribution in [3.8, 4) is 0 Å². The number of aliphatic imine (C=N–C) groups is 1. The van der Waals surface area contributed by atoms with Crippen LogP contribution in [0.1, 0.15) is 23.7 Å². The number of esters is 1. The van der Waals surface area contributed by atoms with Crippen LogP contribution in [0, 0.1) is 17.5 Å². The SMILES string of the molecule is COC(=O)C1=C(CN2CC(F)(F)CC2C(=O)O)NC(c2ncc(F)cc2F)=N[C@H]1c1ccc(F)cc1Cl. The van der Waals surface area contributed by atoms with E-state index in [9.17, 15) is 36.6 Å². The van der Waals surface area contributed by atoms with Gasteiger partial charge in [0.25, 0.3) is 5.92 Å². The Balaban J connectivity index is 1.88. The maximum absolute atomic E-state index is 14.6. The van der Waals surface area contributed by atoms with Crippen molar-refractivity contribution in [3.05, 3.63) is 75.5 Å². The highest BCUT2D eigenvalue weighted by Crippen LogP contribution is 2.38. The summed E-state index contributed by atoms with van der Waals surface area (Å²) in [5.74, 6) is -8.97. The number of alkyl halides is 2. The highest BCUT2D eigenvalue weighted by atomic mass is 35.5. The van der Waals surface area contributed by atoms with Gasteiger partial charge in [0.15, 0.2) is 11.7 Å². The van der Waals surface area contributed by atoms with Crippen molar-refractivity contribution in [3.63, 3.8) is 0 Å². The molecule has 2 aliphatic heterocycles. The molecule has 196 valence electrons. The van der Waals surface area contributed by atoms with Crippen molar-refractivity contribution in [2.24, 2.45) is 4.99 Å². The monoisotopic (exact) mass is 544 g/mol. The van der Waals surface area contributed by atoms with Crippen LogP contribution >= 0.6 is 11.6 Å². The molecule has 4 rings (SSSR count). The smallest absolute Gasteiger partial charge is 0.338 e. The highest BCUT2D eigenvalue weighted by molar-refractivity contribution is 6.31. The number of hydrogen-bond acceptors (Lipinski definition) is 7. The van der Waals surface area contributed by atoms with Gasteiger partial charge < -0.3 is 15.2 Å². The number of nitrogens with zero attached hydrogens (tertiary/aromatic N) is 3. The first kappa shape index (κ1) is 26.5. The number of carboxylic acids is 1. The van der Waals surface area contributed by atoms with Gasteiger partial charge in [-0.1, -0.05) is 17.7 Å². The van der Waals surface area contributed by atoms with E-state index >= 15 is 0 Å². The topological polar surface area (TPSA) is 104 Å². The Morgan fingerprint density at radius 1 is 1.24 bits per heavy atom. The first-order valence-corrected chi connectivity index (χ1v) is 11.0. The van der Waals surface area contributed by atoms with Gasteiger partial charge in [0, 0.05) is 35.3 Å². The second-order valence-corrected chi connectivity index (χ2v) is 8.77. The van der Waals surface area contributed by atoms with E-state index < -0.39 is 72.6 Å². The lowest BCUT2D eigenvalue weighted by atomic mass is 9.94. The van der Waals surface area contributed by atoms with Gasteiger partial charge in [-0.2, -0.15) is 0 Å². The zero-order chi connectivity index (χ0) is 27.1. The minimum Gasteiger partial charge on any atom is -0.480 e. The normalized spacial score (nSPS) is 21.4. The predicted molar refractivity (Wildman–Crippen MR) is 120 cm³/mol. The molecule has 1 saturated heterocycles. The number of aliphatic carboxylic acids is 1. The predicted octanol–water partition coefficient (Wildman–Crippen LogP) is 3.46. The molecule has 37 heavy (non-hydrogen) atoms.